The van der Waals surface area contributed by atoms with Gasteiger partial charge in [0.1, 0.15) is 17.3 Å². The number of ether oxygens (including phenoxy) is 2. The van der Waals surface area contributed by atoms with Gasteiger partial charge >= 0.3 is 0 Å². The number of hydrogen-bond donors (Lipinski definition) is 2. The molecule has 0 aliphatic carbocycles. The maximum absolute atomic E-state index is 8.13. The first-order chi connectivity index (χ1) is 12.2. The van der Waals surface area contributed by atoms with Crippen molar-refractivity contribution in [2.45, 2.75) is 25.7 Å². The maximum Gasteiger partial charge on any atom is 0.154 e. The predicted molar refractivity (Wildman–Crippen MR) is 99.9 cm³/mol. The first-order valence-corrected chi connectivity index (χ1v) is 8.61. The molecule has 0 aromatic heterocycles. The largest absolute Gasteiger partial charge is 0.494 e. The predicted octanol–water partition coefficient (Wildman–Crippen LogP) is 3.75. The number of fused-ring (bicyclic) bond motifs is 2. The van der Waals surface area contributed by atoms with Gasteiger partial charge in [0.15, 0.2) is 5.84 Å². The van der Waals surface area contributed by atoms with Crippen LogP contribution in [0.4, 0.5) is 0 Å². The SMILES string of the molecule is N=C1N=C(N)c2ccc(cc2)OCCCCCCOc2ccc1cc2. The fraction of sp³-hybridized carbons (Fsp3) is 0.300. The van der Waals surface area contributed by atoms with Crippen LogP contribution < -0.4 is 15.2 Å². The summed E-state index contributed by atoms with van der Waals surface area (Å²) < 4.78 is 11.5. The van der Waals surface area contributed by atoms with Crippen molar-refractivity contribution in [2.75, 3.05) is 13.2 Å². The van der Waals surface area contributed by atoms with Crippen LogP contribution in [0, 0.1) is 5.41 Å². The molecule has 0 saturated heterocycles. The molecule has 5 heteroatoms. The Hall–Kier alpha value is -2.82. The summed E-state index contributed by atoms with van der Waals surface area (Å²) in [6.45, 7) is 1.40. The van der Waals surface area contributed by atoms with E-state index >= 15 is 0 Å². The lowest BCUT2D eigenvalue weighted by atomic mass is 10.2. The Morgan fingerprint density at radius 1 is 0.720 bits per heavy atom. The summed E-state index contributed by atoms with van der Waals surface area (Å²) in [4.78, 5) is 4.21. The molecule has 5 nitrogen and oxygen atoms in total. The molecule has 0 spiro atoms. The van der Waals surface area contributed by atoms with Gasteiger partial charge in [0.2, 0.25) is 0 Å². The van der Waals surface area contributed by atoms with Gasteiger partial charge in [-0.3, -0.25) is 5.41 Å². The average Bonchev–Trinajstić information content (AvgIpc) is 2.64. The second-order valence-electron chi connectivity index (χ2n) is 6.01. The lowest BCUT2D eigenvalue weighted by Crippen LogP contribution is -2.15. The number of hydrogen-bond acceptors (Lipinski definition) is 4. The highest BCUT2D eigenvalue weighted by atomic mass is 16.5. The van der Waals surface area contributed by atoms with Gasteiger partial charge in [-0.1, -0.05) is 0 Å². The van der Waals surface area contributed by atoms with E-state index in [0.717, 1.165) is 42.7 Å². The van der Waals surface area contributed by atoms with Crippen molar-refractivity contribution in [3.05, 3.63) is 59.7 Å². The highest BCUT2D eigenvalue weighted by Crippen LogP contribution is 2.16. The summed E-state index contributed by atoms with van der Waals surface area (Å²) >= 11 is 0. The van der Waals surface area contributed by atoms with Gasteiger partial charge in [0, 0.05) is 11.1 Å². The fourth-order valence-corrected chi connectivity index (χ4v) is 2.62. The van der Waals surface area contributed by atoms with Gasteiger partial charge in [0.05, 0.1) is 13.2 Å². The van der Waals surface area contributed by atoms with E-state index in [-0.39, 0.29) is 5.84 Å². The van der Waals surface area contributed by atoms with Crippen LogP contribution in [0.25, 0.3) is 0 Å². The third-order valence-corrected chi connectivity index (χ3v) is 4.09. The Bertz CT molecular complexity index is 737. The van der Waals surface area contributed by atoms with Gasteiger partial charge in [-0.15, -0.1) is 0 Å². The van der Waals surface area contributed by atoms with Crippen molar-refractivity contribution in [3.63, 3.8) is 0 Å². The van der Waals surface area contributed by atoms with Crippen LogP contribution in [0.3, 0.4) is 0 Å². The number of aliphatic imine (C=N–C) groups is 1. The first-order valence-electron chi connectivity index (χ1n) is 8.61. The number of nitrogens with one attached hydrogen (secondary N) is 1. The molecule has 25 heavy (non-hydrogen) atoms. The van der Waals surface area contributed by atoms with Crippen LogP contribution >= 0.6 is 0 Å². The van der Waals surface area contributed by atoms with Crippen LogP contribution in [0.1, 0.15) is 36.8 Å². The van der Waals surface area contributed by atoms with Crippen molar-refractivity contribution < 1.29 is 9.47 Å². The first kappa shape index (κ1) is 17.0. The van der Waals surface area contributed by atoms with Crippen molar-refractivity contribution in [1.82, 2.24) is 0 Å². The normalized spacial score (nSPS) is 16.2. The molecule has 130 valence electrons. The van der Waals surface area contributed by atoms with Crippen LogP contribution in [0.5, 0.6) is 11.5 Å². The fourth-order valence-electron chi connectivity index (χ4n) is 2.62. The zero-order valence-electron chi connectivity index (χ0n) is 14.2. The van der Waals surface area contributed by atoms with Gasteiger partial charge in [-0.25, -0.2) is 4.99 Å². The number of benzene rings is 2. The highest BCUT2D eigenvalue weighted by Gasteiger charge is 2.05. The molecule has 2 aromatic carbocycles. The minimum Gasteiger partial charge on any atom is -0.494 e. The summed E-state index contributed by atoms with van der Waals surface area (Å²) in [6.07, 6.45) is 4.29. The Balaban J connectivity index is 1.82. The van der Waals surface area contributed by atoms with Crippen LogP contribution in [0.15, 0.2) is 53.5 Å². The van der Waals surface area contributed by atoms with Crippen molar-refractivity contribution in [1.29, 1.82) is 5.41 Å². The summed E-state index contributed by atoms with van der Waals surface area (Å²) in [5.41, 5.74) is 7.51. The van der Waals surface area contributed by atoms with E-state index < -0.39 is 0 Å². The Morgan fingerprint density at radius 3 is 1.72 bits per heavy atom. The Kier molecular flexibility index (Phi) is 5.67. The van der Waals surface area contributed by atoms with Crippen LogP contribution in [0.2, 0.25) is 0 Å². The molecule has 2 aromatic rings. The zero-order chi connectivity index (χ0) is 17.5. The summed E-state index contributed by atoms with van der Waals surface area (Å²) in [6, 6.07) is 14.9. The van der Waals surface area contributed by atoms with Gasteiger partial charge in [-0.2, -0.15) is 0 Å². The molecule has 3 aliphatic rings. The number of amidine groups is 2. The molecule has 4 bridgehead atoms. The lowest BCUT2D eigenvalue weighted by Gasteiger charge is -2.07. The number of nitrogens with two attached hydrogens (primary N) is 1. The molecule has 3 aliphatic heterocycles. The average molecular weight is 337 g/mol. The maximum atomic E-state index is 8.13. The van der Waals surface area contributed by atoms with E-state index in [1.807, 2.05) is 48.5 Å². The molecule has 3 heterocycles. The third kappa shape index (κ3) is 4.83. The molecular formula is C20H23N3O2. The number of rotatable bonds is 0. The molecule has 0 amide bonds. The molecule has 0 radical (unpaired) electrons. The zero-order valence-corrected chi connectivity index (χ0v) is 14.2. The standard InChI is InChI=1S/C20H23N3O2/c21-19-15-5-9-17(10-6-15)24-13-3-1-2-4-14-25-18-11-7-16(8-12-18)20(22)23-19/h5-12H,1-4,13-14H2,(H3,21,22,23). The molecule has 5 rings (SSSR count). The quantitative estimate of drug-likeness (QED) is 0.768. The Morgan fingerprint density at radius 2 is 1.20 bits per heavy atom. The lowest BCUT2D eigenvalue weighted by molar-refractivity contribution is 0.287. The van der Waals surface area contributed by atoms with E-state index in [4.69, 9.17) is 20.6 Å². The van der Waals surface area contributed by atoms with E-state index in [9.17, 15) is 0 Å². The topological polar surface area (TPSA) is 80.7 Å². The van der Waals surface area contributed by atoms with E-state index in [1.165, 1.54) is 0 Å². The van der Waals surface area contributed by atoms with E-state index in [2.05, 4.69) is 4.99 Å². The van der Waals surface area contributed by atoms with E-state index in [0.29, 0.717) is 24.6 Å². The van der Waals surface area contributed by atoms with Crippen LogP contribution in [-0.2, 0) is 0 Å². The Labute approximate surface area is 148 Å². The van der Waals surface area contributed by atoms with Crippen LogP contribution in [-0.4, -0.2) is 24.9 Å². The van der Waals surface area contributed by atoms with E-state index in [1.54, 1.807) is 0 Å². The van der Waals surface area contributed by atoms with Crippen molar-refractivity contribution in [2.24, 2.45) is 10.7 Å². The molecule has 0 atom stereocenters. The van der Waals surface area contributed by atoms with Crippen molar-refractivity contribution in [3.8, 4) is 11.5 Å². The molecule has 0 saturated carbocycles. The smallest absolute Gasteiger partial charge is 0.154 e. The minimum absolute atomic E-state index is 0.127. The molecular weight excluding hydrogens is 314 g/mol. The molecule has 0 unspecified atom stereocenters. The second kappa shape index (κ2) is 8.33. The summed E-state index contributed by atoms with van der Waals surface area (Å²) in [5, 5.41) is 8.13. The van der Waals surface area contributed by atoms with Gasteiger partial charge in [-0.05, 0) is 74.2 Å². The monoisotopic (exact) mass is 337 g/mol. The highest BCUT2D eigenvalue weighted by molar-refractivity contribution is 6.09. The summed E-state index contributed by atoms with van der Waals surface area (Å²) in [5.74, 6) is 2.07. The molecule has 3 N–H and O–H groups in total. The van der Waals surface area contributed by atoms with Crippen molar-refractivity contribution >= 4 is 11.7 Å². The second-order valence-corrected chi connectivity index (χ2v) is 6.01. The summed E-state index contributed by atoms with van der Waals surface area (Å²) in [7, 11) is 0. The molecule has 0 fully saturated rings. The minimum atomic E-state index is 0.127. The number of nitrogens with zero attached hydrogens (tertiary/aromatic N) is 1. The van der Waals surface area contributed by atoms with Gasteiger partial charge < -0.3 is 15.2 Å². The third-order valence-electron chi connectivity index (χ3n) is 4.09. The van der Waals surface area contributed by atoms with Gasteiger partial charge in [0.25, 0.3) is 0 Å².